The number of hydrogen-bond donors (Lipinski definition) is 1. The normalized spacial score (nSPS) is 10.6. The van der Waals surface area contributed by atoms with Crippen molar-refractivity contribution in [1.29, 1.82) is 0 Å². The molecule has 1 nitrogen and oxygen atoms in total. The van der Waals surface area contributed by atoms with Gasteiger partial charge >= 0.3 is 0 Å². The Bertz CT molecular complexity index is 505. The second kappa shape index (κ2) is 4.28. The van der Waals surface area contributed by atoms with Gasteiger partial charge in [0.1, 0.15) is 0 Å². The van der Waals surface area contributed by atoms with E-state index in [2.05, 4.69) is 44.8 Å². The number of benzene rings is 1. The Morgan fingerprint density at radius 3 is 2.40 bits per heavy atom. The molecule has 0 saturated carbocycles. The first kappa shape index (κ1) is 11.2. The lowest BCUT2D eigenvalue weighted by atomic mass is 10.2. The zero-order chi connectivity index (χ0) is 11.0. The van der Waals surface area contributed by atoms with Crippen LogP contribution in [0.3, 0.4) is 0 Å². The minimum Gasteiger partial charge on any atom is -0.398 e. The number of rotatable bonds is 1. The number of halogens is 2. The minimum atomic E-state index is 0.767. The van der Waals surface area contributed by atoms with Crippen molar-refractivity contribution in [3.63, 3.8) is 0 Å². The van der Waals surface area contributed by atoms with E-state index < -0.39 is 0 Å². The molecule has 1 aromatic carbocycles. The first-order chi connectivity index (χ1) is 7.08. The smallest absolute Gasteiger partial charge is 0.0488 e. The summed E-state index contributed by atoms with van der Waals surface area (Å²) in [6.07, 6.45) is 0. The van der Waals surface area contributed by atoms with Crippen molar-refractivity contribution in [2.45, 2.75) is 6.92 Å². The van der Waals surface area contributed by atoms with Gasteiger partial charge in [-0.15, -0.1) is 11.3 Å². The standard InChI is InChI=1S/C11H9Br2NS/c1-6-4-9(13)11(15-6)7-2-3-10(14)8(12)5-7/h2-5H,14H2,1H3. The highest BCUT2D eigenvalue weighted by Gasteiger charge is 2.08. The van der Waals surface area contributed by atoms with Gasteiger partial charge in [0.25, 0.3) is 0 Å². The van der Waals surface area contributed by atoms with E-state index in [-0.39, 0.29) is 0 Å². The van der Waals surface area contributed by atoms with Gasteiger partial charge in [0.2, 0.25) is 0 Å². The van der Waals surface area contributed by atoms with E-state index in [4.69, 9.17) is 5.73 Å². The first-order valence-corrected chi connectivity index (χ1v) is 6.79. The molecule has 0 saturated heterocycles. The van der Waals surface area contributed by atoms with Crippen LogP contribution in [0.2, 0.25) is 0 Å². The third kappa shape index (κ3) is 2.27. The van der Waals surface area contributed by atoms with Gasteiger partial charge in [-0.25, -0.2) is 0 Å². The van der Waals surface area contributed by atoms with E-state index in [0.29, 0.717) is 0 Å². The van der Waals surface area contributed by atoms with Gasteiger partial charge < -0.3 is 5.73 Å². The van der Waals surface area contributed by atoms with Crippen LogP contribution in [-0.2, 0) is 0 Å². The van der Waals surface area contributed by atoms with Gasteiger partial charge in [0, 0.05) is 24.4 Å². The van der Waals surface area contributed by atoms with Gasteiger partial charge in [-0.05, 0) is 62.5 Å². The quantitative estimate of drug-likeness (QED) is 0.735. The summed E-state index contributed by atoms with van der Waals surface area (Å²) in [6, 6.07) is 8.13. The molecule has 0 fully saturated rings. The van der Waals surface area contributed by atoms with Gasteiger partial charge in [-0.1, -0.05) is 6.07 Å². The summed E-state index contributed by atoms with van der Waals surface area (Å²) in [4.78, 5) is 2.54. The van der Waals surface area contributed by atoms with Gasteiger partial charge in [0.15, 0.2) is 0 Å². The molecular formula is C11H9Br2NS. The highest BCUT2D eigenvalue weighted by Crippen LogP contribution is 2.37. The first-order valence-electron chi connectivity index (χ1n) is 4.39. The third-order valence-electron chi connectivity index (χ3n) is 2.07. The van der Waals surface area contributed by atoms with Crippen LogP contribution in [0.25, 0.3) is 10.4 Å². The number of nitrogen functional groups attached to an aromatic ring is 1. The molecule has 2 rings (SSSR count). The minimum absolute atomic E-state index is 0.767. The molecule has 0 aliphatic heterocycles. The third-order valence-corrected chi connectivity index (χ3v) is 4.75. The summed E-state index contributed by atoms with van der Waals surface area (Å²) in [5, 5.41) is 0. The van der Waals surface area contributed by atoms with Crippen LogP contribution in [0.1, 0.15) is 4.88 Å². The molecule has 2 N–H and O–H groups in total. The van der Waals surface area contributed by atoms with Gasteiger partial charge in [-0.2, -0.15) is 0 Å². The van der Waals surface area contributed by atoms with Crippen molar-refractivity contribution in [3.05, 3.63) is 38.1 Å². The second-order valence-electron chi connectivity index (χ2n) is 3.27. The van der Waals surface area contributed by atoms with Crippen molar-refractivity contribution in [2.24, 2.45) is 0 Å². The van der Waals surface area contributed by atoms with E-state index in [1.54, 1.807) is 11.3 Å². The number of hydrogen-bond acceptors (Lipinski definition) is 2. The fourth-order valence-electron chi connectivity index (χ4n) is 1.35. The van der Waals surface area contributed by atoms with Crippen molar-refractivity contribution in [2.75, 3.05) is 5.73 Å². The fourth-order valence-corrected chi connectivity index (χ4v) is 3.59. The van der Waals surface area contributed by atoms with Crippen molar-refractivity contribution >= 4 is 48.9 Å². The summed E-state index contributed by atoms with van der Waals surface area (Å²) in [6.45, 7) is 2.10. The summed E-state index contributed by atoms with van der Waals surface area (Å²) in [5.41, 5.74) is 7.70. The van der Waals surface area contributed by atoms with E-state index in [0.717, 1.165) is 14.6 Å². The van der Waals surface area contributed by atoms with Crippen molar-refractivity contribution in [3.8, 4) is 10.4 Å². The Morgan fingerprint density at radius 2 is 1.87 bits per heavy atom. The van der Waals surface area contributed by atoms with Crippen molar-refractivity contribution < 1.29 is 0 Å². The molecule has 0 bridgehead atoms. The van der Waals surface area contributed by atoms with Crippen LogP contribution in [0.15, 0.2) is 33.2 Å². The number of thiophene rings is 1. The summed E-state index contributed by atoms with van der Waals surface area (Å²) < 4.78 is 2.08. The largest absolute Gasteiger partial charge is 0.398 e. The highest BCUT2D eigenvalue weighted by molar-refractivity contribution is 9.11. The van der Waals surface area contributed by atoms with Crippen LogP contribution < -0.4 is 5.73 Å². The molecule has 2 aromatic rings. The Morgan fingerprint density at radius 1 is 1.13 bits per heavy atom. The lowest BCUT2D eigenvalue weighted by Gasteiger charge is -2.02. The highest BCUT2D eigenvalue weighted by atomic mass is 79.9. The maximum Gasteiger partial charge on any atom is 0.0488 e. The molecule has 4 heteroatoms. The van der Waals surface area contributed by atoms with Crippen LogP contribution in [0.5, 0.6) is 0 Å². The molecule has 0 amide bonds. The molecule has 0 spiro atoms. The monoisotopic (exact) mass is 345 g/mol. The lowest BCUT2D eigenvalue weighted by molar-refractivity contribution is 1.60. The van der Waals surface area contributed by atoms with Crippen molar-refractivity contribution in [1.82, 2.24) is 0 Å². The second-order valence-corrected chi connectivity index (χ2v) is 6.24. The molecule has 0 aliphatic carbocycles. The predicted octanol–water partition coefficient (Wildman–Crippen LogP) is 4.83. The number of anilines is 1. The van der Waals surface area contributed by atoms with E-state index in [1.165, 1.54) is 15.3 Å². The van der Waals surface area contributed by atoms with Crippen LogP contribution in [0, 0.1) is 6.92 Å². The maximum atomic E-state index is 5.75. The molecule has 1 heterocycles. The van der Waals surface area contributed by atoms with E-state index in [9.17, 15) is 0 Å². The average Bonchev–Trinajstić information content (AvgIpc) is 2.50. The Hall–Kier alpha value is -0.320. The predicted molar refractivity (Wildman–Crippen MR) is 74.3 cm³/mol. The zero-order valence-electron chi connectivity index (χ0n) is 8.05. The summed E-state index contributed by atoms with van der Waals surface area (Å²) in [7, 11) is 0. The average molecular weight is 347 g/mol. The zero-order valence-corrected chi connectivity index (χ0v) is 12.0. The van der Waals surface area contributed by atoms with E-state index >= 15 is 0 Å². The Kier molecular flexibility index (Phi) is 3.19. The molecule has 0 atom stereocenters. The molecule has 0 unspecified atom stereocenters. The summed E-state index contributed by atoms with van der Waals surface area (Å²) in [5.74, 6) is 0. The SMILES string of the molecule is Cc1cc(Br)c(-c2ccc(N)c(Br)c2)s1. The number of nitrogens with two attached hydrogens (primary N) is 1. The van der Waals surface area contributed by atoms with E-state index in [1.807, 2.05) is 18.2 Å². The molecular weight excluding hydrogens is 338 g/mol. The van der Waals surface area contributed by atoms with Crippen LogP contribution >= 0.6 is 43.2 Å². The molecule has 0 radical (unpaired) electrons. The Balaban J connectivity index is 2.54. The topological polar surface area (TPSA) is 26.0 Å². The lowest BCUT2D eigenvalue weighted by Crippen LogP contribution is -1.85. The fraction of sp³-hybridized carbons (Fsp3) is 0.0909. The summed E-state index contributed by atoms with van der Waals surface area (Å²) >= 11 is 8.77. The van der Waals surface area contributed by atoms with Crippen LogP contribution in [-0.4, -0.2) is 0 Å². The molecule has 78 valence electrons. The van der Waals surface area contributed by atoms with Crippen LogP contribution in [0.4, 0.5) is 5.69 Å². The molecule has 1 aromatic heterocycles. The molecule has 0 aliphatic rings. The van der Waals surface area contributed by atoms with Gasteiger partial charge in [0.05, 0.1) is 0 Å². The van der Waals surface area contributed by atoms with Gasteiger partial charge in [-0.3, -0.25) is 0 Å². The Labute approximate surface area is 110 Å². The molecule has 15 heavy (non-hydrogen) atoms. The maximum absolute atomic E-state index is 5.75. The number of aryl methyl sites for hydroxylation is 1.